The molecule has 1 aromatic carbocycles. The molecule has 0 bridgehead atoms. The highest BCUT2D eigenvalue weighted by Gasteiger charge is 2.29. The first kappa shape index (κ1) is 17.4. The molecule has 3 heterocycles. The number of hydrogen-bond acceptors (Lipinski definition) is 4. The smallest absolute Gasteiger partial charge is 0.259 e. The lowest BCUT2D eigenvalue weighted by Crippen LogP contribution is -2.26. The highest BCUT2D eigenvalue weighted by Crippen LogP contribution is 2.38. The van der Waals surface area contributed by atoms with Crippen molar-refractivity contribution in [1.82, 2.24) is 19.5 Å². The maximum absolute atomic E-state index is 13.3. The minimum atomic E-state index is -0.0851. The van der Waals surface area contributed by atoms with Crippen LogP contribution in [0.25, 0.3) is 21.8 Å². The summed E-state index contributed by atoms with van der Waals surface area (Å²) >= 11 is 3.56. The van der Waals surface area contributed by atoms with Crippen molar-refractivity contribution in [3.05, 3.63) is 62.9 Å². The fourth-order valence-electron chi connectivity index (χ4n) is 3.93. The molecule has 1 aliphatic carbocycles. The average molecular weight is 438 g/mol. The molecule has 6 nitrogen and oxygen atoms in total. The number of hydrogen-bond donors (Lipinski definition) is 2. The molecule has 3 aromatic heterocycles. The van der Waals surface area contributed by atoms with Crippen molar-refractivity contribution >= 4 is 43.6 Å². The fourth-order valence-corrected chi connectivity index (χ4v) is 4.42. The molecule has 142 valence electrons. The van der Waals surface area contributed by atoms with Crippen molar-refractivity contribution in [2.75, 3.05) is 5.32 Å². The molecule has 0 radical (unpaired) electrons. The second-order valence-electron chi connectivity index (χ2n) is 7.46. The van der Waals surface area contributed by atoms with Gasteiger partial charge in [-0.05, 0) is 59.6 Å². The number of aromatic amines is 1. The molecular weight excluding hydrogens is 418 g/mol. The van der Waals surface area contributed by atoms with Gasteiger partial charge in [-0.1, -0.05) is 18.2 Å². The Morgan fingerprint density at radius 3 is 2.89 bits per heavy atom. The van der Waals surface area contributed by atoms with Crippen LogP contribution in [-0.4, -0.2) is 19.5 Å². The molecule has 0 unspecified atom stereocenters. The van der Waals surface area contributed by atoms with Crippen molar-refractivity contribution in [2.45, 2.75) is 38.8 Å². The summed E-state index contributed by atoms with van der Waals surface area (Å²) in [5, 5.41) is 6.22. The first-order valence-corrected chi connectivity index (χ1v) is 10.2. The number of aromatic nitrogens is 4. The van der Waals surface area contributed by atoms with Crippen LogP contribution >= 0.6 is 15.9 Å². The summed E-state index contributed by atoms with van der Waals surface area (Å²) in [4.78, 5) is 25.2. The Balaban J connectivity index is 1.65. The van der Waals surface area contributed by atoms with E-state index in [1.54, 1.807) is 0 Å². The fraction of sp³-hybridized carbons (Fsp3) is 0.286. The monoisotopic (exact) mass is 437 g/mol. The van der Waals surface area contributed by atoms with Crippen molar-refractivity contribution in [3.63, 3.8) is 0 Å². The van der Waals surface area contributed by atoms with Crippen LogP contribution in [0.2, 0.25) is 0 Å². The van der Waals surface area contributed by atoms with E-state index in [2.05, 4.69) is 49.2 Å². The Kier molecular flexibility index (Phi) is 4.01. The van der Waals surface area contributed by atoms with E-state index in [1.807, 2.05) is 35.9 Å². The molecule has 0 spiro atoms. The maximum Gasteiger partial charge on any atom is 0.259 e. The second-order valence-corrected chi connectivity index (χ2v) is 8.32. The summed E-state index contributed by atoms with van der Waals surface area (Å²) in [7, 11) is 0. The van der Waals surface area contributed by atoms with Gasteiger partial charge < -0.3 is 14.9 Å². The average Bonchev–Trinajstić information content (AvgIpc) is 3.44. The van der Waals surface area contributed by atoms with E-state index in [9.17, 15) is 4.79 Å². The maximum atomic E-state index is 13.3. The van der Waals surface area contributed by atoms with Gasteiger partial charge in [0.2, 0.25) is 0 Å². The van der Waals surface area contributed by atoms with Crippen LogP contribution in [0.5, 0.6) is 0 Å². The SMILES string of the molecule is Cc1cccc2cc([C@H](C)Nc3ncnc4[nH]cc(Br)c34)n(C3CC3)c(=O)c12. The minimum Gasteiger partial charge on any atom is -0.361 e. The van der Waals surface area contributed by atoms with Gasteiger partial charge in [0.15, 0.2) is 0 Å². The van der Waals surface area contributed by atoms with Gasteiger partial charge in [0.25, 0.3) is 5.56 Å². The number of fused-ring (bicyclic) bond motifs is 2. The highest BCUT2D eigenvalue weighted by molar-refractivity contribution is 9.10. The van der Waals surface area contributed by atoms with Gasteiger partial charge in [-0.2, -0.15) is 0 Å². The summed E-state index contributed by atoms with van der Waals surface area (Å²) in [6.07, 6.45) is 5.50. The number of nitrogens with one attached hydrogen (secondary N) is 2. The van der Waals surface area contributed by atoms with Crippen LogP contribution in [0.15, 0.2) is 46.1 Å². The first-order valence-electron chi connectivity index (χ1n) is 9.43. The zero-order chi connectivity index (χ0) is 19.4. The van der Waals surface area contributed by atoms with Crippen LogP contribution in [0.3, 0.4) is 0 Å². The van der Waals surface area contributed by atoms with Crippen molar-refractivity contribution in [2.24, 2.45) is 0 Å². The molecule has 1 fully saturated rings. The van der Waals surface area contributed by atoms with E-state index in [-0.39, 0.29) is 11.6 Å². The summed E-state index contributed by atoms with van der Waals surface area (Å²) in [5.74, 6) is 0.741. The third-order valence-electron chi connectivity index (χ3n) is 5.45. The minimum absolute atomic E-state index is 0.0851. The number of rotatable bonds is 4. The van der Waals surface area contributed by atoms with Gasteiger partial charge in [-0.3, -0.25) is 4.79 Å². The molecule has 5 rings (SSSR count). The van der Waals surface area contributed by atoms with E-state index in [0.717, 1.165) is 56.2 Å². The predicted octanol–water partition coefficient (Wildman–Crippen LogP) is 4.85. The van der Waals surface area contributed by atoms with Crippen LogP contribution < -0.4 is 10.9 Å². The van der Waals surface area contributed by atoms with Gasteiger partial charge >= 0.3 is 0 Å². The van der Waals surface area contributed by atoms with Crippen LogP contribution in [0.1, 0.15) is 43.1 Å². The number of H-pyrrole nitrogens is 1. The van der Waals surface area contributed by atoms with E-state index < -0.39 is 0 Å². The Morgan fingerprint density at radius 1 is 1.29 bits per heavy atom. The molecule has 1 atom stereocenters. The molecular formula is C21H20BrN5O. The lowest BCUT2D eigenvalue weighted by Gasteiger charge is -2.22. The number of nitrogens with zero attached hydrogens (tertiary/aromatic N) is 3. The molecule has 2 N–H and O–H groups in total. The molecule has 0 saturated heterocycles. The van der Waals surface area contributed by atoms with E-state index in [1.165, 1.54) is 6.33 Å². The van der Waals surface area contributed by atoms with Crippen LogP contribution in [0.4, 0.5) is 5.82 Å². The molecule has 1 aliphatic rings. The number of anilines is 1. The molecule has 7 heteroatoms. The number of halogens is 1. The molecule has 4 aromatic rings. The van der Waals surface area contributed by atoms with Crippen molar-refractivity contribution in [1.29, 1.82) is 0 Å². The predicted molar refractivity (Wildman–Crippen MR) is 115 cm³/mol. The lowest BCUT2D eigenvalue weighted by atomic mass is 10.0. The van der Waals surface area contributed by atoms with Crippen LogP contribution in [0, 0.1) is 6.92 Å². The Hall–Kier alpha value is -2.67. The largest absolute Gasteiger partial charge is 0.361 e. The van der Waals surface area contributed by atoms with E-state index >= 15 is 0 Å². The van der Waals surface area contributed by atoms with E-state index in [4.69, 9.17) is 0 Å². The first-order chi connectivity index (χ1) is 13.5. The number of aryl methyl sites for hydroxylation is 1. The zero-order valence-electron chi connectivity index (χ0n) is 15.7. The molecule has 0 aliphatic heterocycles. The third-order valence-corrected chi connectivity index (χ3v) is 6.08. The zero-order valence-corrected chi connectivity index (χ0v) is 17.2. The molecule has 0 amide bonds. The normalized spacial score (nSPS) is 15.2. The van der Waals surface area contributed by atoms with Gasteiger partial charge in [-0.15, -0.1) is 0 Å². The summed E-state index contributed by atoms with van der Waals surface area (Å²) < 4.78 is 2.89. The highest BCUT2D eigenvalue weighted by atomic mass is 79.9. The Morgan fingerprint density at radius 2 is 2.11 bits per heavy atom. The quantitative estimate of drug-likeness (QED) is 0.478. The number of benzene rings is 1. The third kappa shape index (κ3) is 2.73. The van der Waals surface area contributed by atoms with E-state index in [0.29, 0.717) is 6.04 Å². The number of pyridine rings is 1. The van der Waals surface area contributed by atoms with Crippen LogP contribution in [-0.2, 0) is 0 Å². The Bertz CT molecular complexity index is 1270. The summed E-state index contributed by atoms with van der Waals surface area (Å²) in [5.41, 5.74) is 2.89. The van der Waals surface area contributed by atoms with Gasteiger partial charge in [-0.25, -0.2) is 9.97 Å². The standard InChI is InChI=1S/C21H20BrN5O/c1-11-4-3-5-13-8-16(27(14-6-7-14)21(28)17(11)13)12(2)26-20-18-15(22)9-23-19(18)24-10-25-20/h3-5,8-10,12,14H,6-7H2,1-2H3,(H2,23,24,25,26)/t12-/m0/s1. The molecule has 1 saturated carbocycles. The summed E-state index contributed by atoms with van der Waals surface area (Å²) in [6.45, 7) is 4.08. The van der Waals surface area contributed by atoms with Crippen molar-refractivity contribution < 1.29 is 0 Å². The van der Waals surface area contributed by atoms with Crippen molar-refractivity contribution in [3.8, 4) is 0 Å². The topological polar surface area (TPSA) is 75.6 Å². The summed E-state index contributed by atoms with van der Waals surface area (Å²) in [6, 6.07) is 8.38. The van der Waals surface area contributed by atoms with Gasteiger partial charge in [0.05, 0.1) is 16.8 Å². The second kappa shape index (κ2) is 6.44. The Labute approximate surface area is 170 Å². The van der Waals surface area contributed by atoms with Gasteiger partial charge in [0, 0.05) is 22.4 Å². The molecule has 28 heavy (non-hydrogen) atoms. The lowest BCUT2D eigenvalue weighted by molar-refractivity contribution is 0.636. The van der Waals surface area contributed by atoms with Gasteiger partial charge in [0.1, 0.15) is 17.8 Å².